The molecule has 2 aromatic heterocycles. The van der Waals surface area contributed by atoms with Gasteiger partial charge in [0.1, 0.15) is 11.6 Å². The molecule has 0 spiro atoms. The molecule has 3 atom stereocenters. The van der Waals surface area contributed by atoms with Gasteiger partial charge in [0.25, 0.3) is 5.79 Å². The first-order valence-electron chi connectivity index (χ1n) is 14.6. The maximum atomic E-state index is 15.0. The van der Waals surface area contributed by atoms with Gasteiger partial charge in [-0.25, -0.2) is 14.2 Å². The highest BCUT2D eigenvalue weighted by Gasteiger charge is 2.51. The standard InChI is InChI=1S/C33H27FN6O4S/c1-33(22-7-5-19(14-35)11-23(22)34)43-29-4-2-3-25(31(29)44-33)39-10-9-38(27-13-28(27)39)17-30-37-24-8-6-20(32(41)42)12-26(24)40(30)16-21-15-36-18-45-21/h2-8,11-12,15,18,27-28H,9-10,13,16-17H2,1H3,(H,41,42)/t27-,28+,33+/m0/s1. The highest BCUT2D eigenvalue weighted by molar-refractivity contribution is 7.09. The Kier molecular flexibility index (Phi) is 6.30. The summed E-state index contributed by atoms with van der Waals surface area (Å²) in [5, 5.41) is 18.7. The summed E-state index contributed by atoms with van der Waals surface area (Å²) in [4.78, 5) is 26.7. The number of hydrogen-bond acceptors (Lipinski definition) is 9. The summed E-state index contributed by atoms with van der Waals surface area (Å²) in [5.74, 6) is -0.858. The predicted octanol–water partition coefficient (Wildman–Crippen LogP) is 5.36. The predicted molar refractivity (Wildman–Crippen MR) is 164 cm³/mol. The number of ether oxygens (including phenoxy) is 2. The Balaban J connectivity index is 1.04. The van der Waals surface area contributed by atoms with Crippen LogP contribution in [0.15, 0.2) is 66.3 Å². The molecule has 0 amide bonds. The SMILES string of the molecule is C[C@@]1(c2ccc(C#N)cc2F)Oc2cccc(N3CCN(Cc4nc5ccc(C(=O)O)cc5n4Cc4cncs4)[C@H]4C[C@H]43)c2O1. The summed E-state index contributed by atoms with van der Waals surface area (Å²) in [5.41, 5.74) is 4.97. The zero-order valence-electron chi connectivity index (χ0n) is 24.2. The third-order valence-electron chi connectivity index (χ3n) is 8.89. The van der Waals surface area contributed by atoms with Crippen molar-refractivity contribution >= 4 is 34.0 Å². The van der Waals surface area contributed by atoms with Crippen LogP contribution in [0.2, 0.25) is 0 Å². The van der Waals surface area contributed by atoms with Crippen molar-refractivity contribution in [1.29, 1.82) is 5.26 Å². The fourth-order valence-electron chi connectivity index (χ4n) is 6.62. The number of benzene rings is 3. The first kappa shape index (κ1) is 27.6. The van der Waals surface area contributed by atoms with E-state index in [2.05, 4.69) is 19.4 Å². The van der Waals surface area contributed by atoms with E-state index in [0.717, 1.165) is 46.9 Å². The molecule has 226 valence electrons. The van der Waals surface area contributed by atoms with Crippen molar-refractivity contribution in [2.24, 2.45) is 0 Å². The van der Waals surface area contributed by atoms with Crippen molar-refractivity contribution in [3.05, 3.63) is 99.5 Å². The number of nitrogens with zero attached hydrogens (tertiary/aromatic N) is 6. The molecule has 8 rings (SSSR count). The molecule has 0 unspecified atom stereocenters. The molecule has 0 bridgehead atoms. The third kappa shape index (κ3) is 4.67. The van der Waals surface area contributed by atoms with Crippen molar-refractivity contribution in [1.82, 2.24) is 19.4 Å². The molecule has 1 saturated carbocycles. The van der Waals surface area contributed by atoms with Gasteiger partial charge in [0.15, 0.2) is 11.5 Å². The second-order valence-corrected chi connectivity index (χ2v) is 12.7. The second kappa shape index (κ2) is 10.3. The first-order chi connectivity index (χ1) is 21.8. The van der Waals surface area contributed by atoms with Crippen LogP contribution in [0.3, 0.4) is 0 Å². The average Bonchev–Trinajstić information content (AvgIpc) is 3.34. The van der Waals surface area contributed by atoms with Gasteiger partial charge in [-0.3, -0.25) is 9.88 Å². The van der Waals surface area contributed by atoms with Gasteiger partial charge in [0.05, 0.1) is 58.1 Å². The fourth-order valence-corrected chi connectivity index (χ4v) is 7.20. The van der Waals surface area contributed by atoms with E-state index >= 15 is 0 Å². The van der Waals surface area contributed by atoms with Gasteiger partial charge in [-0.15, -0.1) is 11.3 Å². The van der Waals surface area contributed by atoms with Crippen molar-refractivity contribution in [3.63, 3.8) is 0 Å². The molecule has 3 aromatic carbocycles. The van der Waals surface area contributed by atoms with Crippen LogP contribution in [0.25, 0.3) is 11.0 Å². The quantitative estimate of drug-likeness (QED) is 0.256. The number of fused-ring (bicyclic) bond motifs is 3. The molecule has 0 radical (unpaired) electrons. The normalized spacial score (nSPS) is 21.9. The van der Waals surface area contributed by atoms with Crippen LogP contribution in [-0.4, -0.2) is 55.7 Å². The number of thiazole rings is 1. The van der Waals surface area contributed by atoms with E-state index < -0.39 is 17.6 Å². The Hall–Kier alpha value is -4.99. The highest BCUT2D eigenvalue weighted by Crippen LogP contribution is 2.52. The molecule has 1 saturated heterocycles. The lowest BCUT2D eigenvalue weighted by atomic mass is 10.0. The summed E-state index contributed by atoms with van der Waals surface area (Å²) in [6.45, 7) is 4.43. The van der Waals surface area contributed by atoms with Crippen LogP contribution in [0.4, 0.5) is 10.1 Å². The number of aromatic nitrogens is 3. The Bertz CT molecular complexity index is 2020. The molecule has 10 nitrogen and oxygen atoms in total. The van der Waals surface area contributed by atoms with E-state index in [9.17, 15) is 14.3 Å². The van der Waals surface area contributed by atoms with Crippen LogP contribution in [0.1, 0.15) is 45.5 Å². The molecule has 3 aliphatic rings. The molecule has 45 heavy (non-hydrogen) atoms. The Labute approximate surface area is 261 Å². The van der Waals surface area contributed by atoms with E-state index in [4.69, 9.17) is 19.7 Å². The Morgan fingerprint density at radius 3 is 2.82 bits per heavy atom. The molecular formula is C33H27FN6O4S. The minimum absolute atomic E-state index is 0.231. The summed E-state index contributed by atoms with van der Waals surface area (Å²) in [6.07, 6.45) is 2.81. The minimum atomic E-state index is -1.36. The fraction of sp³-hybridized carbons (Fsp3) is 0.273. The van der Waals surface area contributed by atoms with E-state index in [1.807, 2.05) is 30.5 Å². The van der Waals surface area contributed by atoms with Crippen LogP contribution >= 0.6 is 11.3 Å². The number of rotatable bonds is 7. The number of carbonyl (C=O) groups is 1. The number of anilines is 1. The Morgan fingerprint density at radius 2 is 2.04 bits per heavy atom. The van der Waals surface area contributed by atoms with Gasteiger partial charge in [-0.1, -0.05) is 6.07 Å². The van der Waals surface area contributed by atoms with Gasteiger partial charge in [-0.05, 0) is 55.0 Å². The first-order valence-corrected chi connectivity index (χ1v) is 15.5. The lowest BCUT2D eigenvalue weighted by Gasteiger charge is -2.36. The topological polar surface area (TPSA) is 117 Å². The number of aromatic carboxylic acids is 1. The lowest BCUT2D eigenvalue weighted by molar-refractivity contribution is -0.0705. The summed E-state index contributed by atoms with van der Waals surface area (Å²) >= 11 is 1.56. The molecule has 12 heteroatoms. The zero-order valence-corrected chi connectivity index (χ0v) is 25.0. The van der Waals surface area contributed by atoms with Gasteiger partial charge in [0.2, 0.25) is 0 Å². The second-order valence-electron chi connectivity index (χ2n) is 11.7. The summed E-state index contributed by atoms with van der Waals surface area (Å²) < 4.78 is 29.7. The Morgan fingerprint density at radius 1 is 1.16 bits per heavy atom. The minimum Gasteiger partial charge on any atom is -0.478 e. The molecule has 5 aromatic rings. The number of halogens is 1. The molecule has 2 aliphatic heterocycles. The number of hydrogen-bond donors (Lipinski definition) is 1. The number of piperazine rings is 1. The molecular weight excluding hydrogens is 595 g/mol. The lowest BCUT2D eigenvalue weighted by Crippen LogP contribution is -2.46. The van der Waals surface area contributed by atoms with Crippen LogP contribution in [0.5, 0.6) is 11.5 Å². The van der Waals surface area contributed by atoms with E-state index in [1.165, 1.54) is 6.07 Å². The maximum absolute atomic E-state index is 15.0. The third-order valence-corrected chi connectivity index (χ3v) is 9.66. The van der Waals surface area contributed by atoms with E-state index in [-0.39, 0.29) is 22.7 Å². The molecule has 1 N–H and O–H groups in total. The largest absolute Gasteiger partial charge is 0.478 e. The summed E-state index contributed by atoms with van der Waals surface area (Å²) in [7, 11) is 0. The van der Waals surface area contributed by atoms with Crippen molar-refractivity contribution < 1.29 is 23.8 Å². The molecule has 4 heterocycles. The maximum Gasteiger partial charge on any atom is 0.335 e. The molecule has 2 fully saturated rings. The molecule has 1 aliphatic carbocycles. The van der Waals surface area contributed by atoms with Crippen molar-refractivity contribution in [3.8, 4) is 17.6 Å². The van der Waals surface area contributed by atoms with Crippen molar-refractivity contribution in [2.75, 3.05) is 18.0 Å². The smallest absolute Gasteiger partial charge is 0.335 e. The van der Waals surface area contributed by atoms with Crippen LogP contribution in [0, 0.1) is 17.1 Å². The van der Waals surface area contributed by atoms with E-state index in [0.29, 0.717) is 30.6 Å². The van der Waals surface area contributed by atoms with Crippen molar-refractivity contribution in [2.45, 2.75) is 44.3 Å². The number of carboxylic acid groups (broad SMARTS) is 1. The number of carboxylic acids is 1. The zero-order chi connectivity index (χ0) is 30.9. The number of nitriles is 1. The monoisotopic (exact) mass is 622 g/mol. The van der Waals surface area contributed by atoms with Crippen LogP contribution in [-0.2, 0) is 18.9 Å². The van der Waals surface area contributed by atoms with Crippen LogP contribution < -0.4 is 14.4 Å². The number of para-hydroxylation sites is 1. The van der Waals surface area contributed by atoms with Gasteiger partial charge >= 0.3 is 5.97 Å². The number of imidazole rings is 1. The summed E-state index contributed by atoms with van der Waals surface area (Å²) in [6, 6.07) is 17.7. The average molecular weight is 623 g/mol. The van der Waals surface area contributed by atoms with E-state index in [1.54, 1.807) is 54.1 Å². The van der Waals surface area contributed by atoms with Gasteiger partial charge in [0, 0.05) is 43.2 Å². The van der Waals surface area contributed by atoms with Gasteiger partial charge < -0.3 is 24.0 Å². The van der Waals surface area contributed by atoms with Gasteiger partial charge in [-0.2, -0.15) is 5.26 Å². The highest BCUT2D eigenvalue weighted by atomic mass is 32.1.